The Morgan fingerprint density at radius 2 is 1.58 bits per heavy atom. The van der Waals surface area contributed by atoms with Crippen molar-refractivity contribution in [1.82, 2.24) is 0 Å². The molecule has 0 radical (unpaired) electrons. The minimum absolute atomic E-state index is 0.342. The maximum atomic E-state index is 9.30. The van der Waals surface area contributed by atoms with Gasteiger partial charge in [-0.3, -0.25) is 0 Å². The van der Waals surface area contributed by atoms with Crippen LogP contribution in [0.4, 0.5) is 0 Å². The molecule has 3 atom stereocenters. The van der Waals surface area contributed by atoms with E-state index in [1.165, 1.54) is 13.8 Å². The van der Waals surface area contributed by atoms with E-state index in [9.17, 15) is 15.3 Å². The molecule has 0 saturated carbocycles. The van der Waals surface area contributed by atoms with E-state index in [0.29, 0.717) is 6.42 Å². The highest BCUT2D eigenvalue weighted by Gasteiger charge is 2.34. The largest absolute Gasteiger partial charge is 0.390 e. The Morgan fingerprint density at radius 3 is 1.83 bits per heavy atom. The highest BCUT2D eigenvalue weighted by atomic mass is 16.4. The van der Waals surface area contributed by atoms with Crippen molar-refractivity contribution in [3.63, 3.8) is 0 Å². The van der Waals surface area contributed by atoms with Crippen molar-refractivity contribution in [3.8, 4) is 0 Å². The fraction of sp³-hybridized carbons (Fsp3) is 1.00. The Bertz CT molecular complexity index is 130. The molecule has 4 nitrogen and oxygen atoms in total. The van der Waals surface area contributed by atoms with Crippen LogP contribution in [0.5, 0.6) is 0 Å². The molecule has 0 bridgehead atoms. The van der Waals surface area contributed by atoms with E-state index in [0.717, 1.165) is 0 Å². The average Bonchev–Trinajstić information content (AvgIpc) is 1.98. The minimum Gasteiger partial charge on any atom is -0.390 e. The second-order valence-corrected chi connectivity index (χ2v) is 3.56. The quantitative estimate of drug-likeness (QED) is 0.456. The van der Waals surface area contributed by atoms with E-state index < -0.39 is 23.9 Å². The second kappa shape index (κ2) is 4.18. The van der Waals surface area contributed by atoms with Gasteiger partial charge < -0.3 is 20.4 Å². The summed E-state index contributed by atoms with van der Waals surface area (Å²) in [5.41, 5.74) is -1.39. The molecule has 0 saturated heterocycles. The molecule has 4 N–H and O–H groups in total. The first-order valence-electron chi connectivity index (χ1n) is 4.07. The average molecular weight is 178 g/mol. The highest BCUT2D eigenvalue weighted by molar-refractivity contribution is 4.85. The van der Waals surface area contributed by atoms with Gasteiger partial charge in [-0.2, -0.15) is 0 Å². The third-order valence-corrected chi connectivity index (χ3v) is 1.86. The number of hydrogen-bond donors (Lipinski definition) is 4. The van der Waals surface area contributed by atoms with Crippen molar-refractivity contribution in [2.24, 2.45) is 0 Å². The second-order valence-electron chi connectivity index (χ2n) is 3.56. The van der Waals surface area contributed by atoms with Gasteiger partial charge in [0.2, 0.25) is 0 Å². The van der Waals surface area contributed by atoms with Gasteiger partial charge in [0.25, 0.3) is 0 Å². The molecule has 0 aromatic heterocycles. The van der Waals surface area contributed by atoms with E-state index in [2.05, 4.69) is 0 Å². The summed E-state index contributed by atoms with van der Waals surface area (Å²) in [6.45, 7) is 4.44. The van der Waals surface area contributed by atoms with Crippen LogP contribution in [0.15, 0.2) is 0 Å². The lowest BCUT2D eigenvalue weighted by molar-refractivity contribution is -0.138. The number of hydrogen-bond acceptors (Lipinski definition) is 4. The summed E-state index contributed by atoms with van der Waals surface area (Å²) in [6, 6.07) is 0. The molecular formula is C8H18O4. The Kier molecular flexibility index (Phi) is 4.13. The van der Waals surface area contributed by atoms with Gasteiger partial charge in [0.15, 0.2) is 0 Å². The SMILES string of the molecule is CC[C@@H](O)[C@@H](O)[C@H](O)C(C)(C)O. The zero-order valence-electron chi connectivity index (χ0n) is 7.73. The molecule has 0 aliphatic heterocycles. The molecule has 0 aromatic carbocycles. The molecule has 74 valence electrons. The van der Waals surface area contributed by atoms with Crippen LogP contribution in [-0.4, -0.2) is 44.3 Å². The molecule has 12 heavy (non-hydrogen) atoms. The predicted octanol–water partition coefficient (Wildman–Crippen LogP) is -0.750. The highest BCUT2D eigenvalue weighted by Crippen LogP contribution is 2.15. The number of aliphatic hydroxyl groups excluding tert-OH is 3. The number of rotatable bonds is 4. The van der Waals surface area contributed by atoms with E-state index in [-0.39, 0.29) is 0 Å². The van der Waals surface area contributed by atoms with E-state index in [4.69, 9.17) is 5.11 Å². The first-order chi connectivity index (χ1) is 5.30. The predicted molar refractivity (Wildman–Crippen MR) is 44.6 cm³/mol. The van der Waals surface area contributed by atoms with E-state index in [1.807, 2.05) is 0 Å². The maximum Gasteiger partial charge on any atom is 0.110 e. The Labute approximate surface area is 72.5 Å². The normalized spacial score (nSPS) is 20.2. The van der Waals surface area contributed by atoms with Crippen LogP contribution in [0.25, 0.3) is 0 Å². The van der Waals surface area contributed by atoms with Crippen LogP contribution in [0, 0.1) is 0 Å². The summed E-state index contributed by atoms with van der Waals surface area (Å²) in [6.07, 6.45) is -3.28. The van der Waals surface area contributed by atoms with Crippen molar-refractivity contribution in [3.05, 3.63) is 0 Å². The van der Waals surface area contributed by atoms with Crippen LogP contribution in [0.3, 0.4) is 0 Å². The molecule has 0 heterocycles. The van der Waals surface area contributed by atoms with Gasteiger partial charge in [-0.05, 0) is 20.3 Å². The monoisotopic (exact) mass is 178 g/mol. The van der Waals surface area contributed by atoms with Gasteiger partial charge in [0.1, 0.15) is 12.2 Å². The zero-order valence-corrected chi connectivity index (χ0v) is 7.73. The molecule has 0 aliphatic carbocycles. The summed E-state index contributed by atoms with van der Waals surface area (Å²) in [4.78, 5) is 0. The molecule has 0 aliphatic rings. The van der Waals surface area contributed by atoms with Gasteiger partial charge >= 0.3 is 0 Å². The first-order valence-corrected chi connectivity index (χ1v) is 4.07. The third-order valence-electron chi connectivity index (χ3n) is 1.86. The van der Waals surface area contributed by atoms with Crippen molar-refractivity contribution in [1.29, 1.82) is 0 Å². The lowest BCUT2D eigenvalue weighted by Gasteiger charge is -2.30. The molecule has 0 unspecified atom stereocenters. The molecular weight excluding hydrogens is 160 g/mol. The topological polar surface area (TPSA) is 80.9 Å². The van der Waals surface area contributed by atoms with Crippen LogP contribution in [-0.2, 0) is 0 Å². The molecule has 0 fully saturated rings. The fourth-order valence-electron chi connectivity index (χ4n) is 0.870. The summed E-state index contributed by atoms with van der Waals surface area (Å²) < 4.78 is 0. The summed E-state index contributed by atoms with van der Waals surface area (Å²) in [5.74, 6) is 0. The van der Waals surface area contributed by atoms with Crippen molar-refractivity contribution < 1.29 is 20.4 Å². The standard InChI is InChI=1S/C8H18O4/c1-4-5(9)6(10)7(11)8(2,3)12/h5-7,9-12H,4H2,1-3H3/t5-,6-,7+/m1/s1. The molecule has 4 heteroatoms. The van der Waals surface area contributed by atoms with Crippen LogP contribution in [0.2, 0.25) is 0 Å². The van der Waals surface area contributed by atoms with Gasteiger partial charge in [0, 0.05) is 0 Å². The van der Waals surface area contributed by atoms with Gasteiger partial charge in [-0.15, -0.1) is 0 Å². The number of aliphatic hydroxyl groups is 4. The van der Waals surface area contributed by atoms with Crippen LogP contribution >= 0.6 is 0 Å². The summed E-state index contributed by atoms with van der Waals surface area (Å²) >= 11 is 0. The van der Waals surface area contributed by atoms with Gasteiger partial charge in [0.05, 0.1) is 11.7 Å². The Balaban J connectivity index is 4.19. The van der Waals surface area contributed by atoms with Crippen molar-refractivity contribution >= 4 is 0 Å². The van der Waals surface area contributed by atoms with Gasteiger partial charge in [-0.1, -0.05) is 6.92 Å². The molecule has 0 aromatic rings. The van der Waals surface area contributed by atoms with Crippen LogP contribution < -0.4 is 0 Å². The molecule has 0 amide bonds. The summed E-state index contributed by atoms with van der Waals surface area (Å²) in [5, 5.41) is 37.0. The van der Waals surface area contributed by atoms with Crippen molar-refractivity contribution in [2.75, 3.05) is 0 Å². The molecule has 0 rings (SSSR count). The Morgan fingerprint density at radius 1 is 1.17 bits per heavy atom. The smallest absolute Gasteiger partial charge is 0.110 e. The van der Waals surface area contributed by atoms with E-state index in [1.54, 1.807) is 6.92 Å². The van der Waals surface area contributed by atoms with Crippen LogP contribution in [0.1, 0.15) is 27.2 Å². The van der Waals surface area contributed by atoms with Gasteiger partial charge in [-0.25, -0.2) is 0 Å². The summed E-state index contributed by atoms with van der Waals surface area (Å²) in [7, 11) is 0. The molecule has 0 spiro atoms. The zero-order chi connectivity index (χ0) is 9.94. The lowest BCUT2D eigenvalue weighted by atomic mass is 9.93. The fourth-order valence-corrected chi connectivity index (χ4v) is 0.870. The maximum absolute atomic E-state index is 9.30. The minimum atomic E-state index is -1.39. The lowest BCUT2D eigenvalue weighted by Crippen LogP contribution is -2.49. The third kappa shape index (κ3) is 3.06. The first kappa shape index (κ1) is 11.8. The van der Waals surface area contributed by atoms with Crippen molar-refractivity contribution in [2.45, 2.75) is 51.1 Å². The Hall–Kier alpha value is -0.160. The van der Waals surface area contributed by atoms with E-state index >= 15 is 0 Å².